The second-order valence-electron chi connectivity index (χ2n) is 3.75. The molecule has 0 aliphatic heterocycles. The fourth-order valence-electron chi connectivity index (χ4n) is 1.67. The Kier molecular flexibility index (Phi) is 3.86. The van der Waals surface area contributed by atoms with Crippen LogP contribution < -0.4 is 4.90 Å². The van der Waals surface area contributed by atoms with E-state index in [2.05, 4.69) is 11.6 Å². The van der Waals surface area contributed by atoms with Gasteiger partial charge in [0.2, 0.25) is 0 Å². The lowest BCUT2D eigenvalue weighted by Gasteiger charge is -2.20. The Morgan fingerprint density at radius 1 is 1.17 bits per heavy atom. The monoisotopic (exact) mass is 238 g/mol. The first-order valence-corrected chi connectivity index (χ1v) is 5.72. The standard InChI is InChI=1S/C15H14N2O/c1-2-12-17(13-8-4-3-5-9-13)15(18)14-10-6-7-11-16-14/h2-11H,1,12H2. The zero-order valence-corrected chi connectivity index (χ0v) is 9.99. The van der Waals surface area contributed by atoms with E-state index in [-0.39, 0.29) is 5.91 Å². The molecule has 1 heterocycles. The highest BCUT2D eigenvalue weighted by Crippen LogP contribution is 2.15. The summed E-state index contributed by atoms with van der Waals surface area (Å²) in [4.78, 5) is 18.1. The van der Waals surface area contributed by atoms with E-state index in [0.29, 0.717) is 12.2 Å². The number of nitrogens with zero attached hydrogens (tertiary/aromatic N) is 2. The first-order valence-electron chi connectivity index (χ1n) is 5.72. The Labute approximate surface area is 106 Å². The zero-order chi connectivity index (χ0) is 12.8. The molecule has 3 nitrogen and oxygen atoms in total. The average molecular weight is 238 g/mol. The largest absolute Gasteiger partial charge is 0.303 e. The lowest BCUT2D eigenvalue weighted by atomic mass is 10.2. The van der Waals surface area contributed by atoms with Gasteiger partial charge < -0.3 is 4.90 Å². The molecule has 0 fully saturated rings. The van der Waals surface area contributed by atoms with Gasteiger partial charge in [0.25, 0.3) is 5.91 Å². The van der Waals surface area contributed by atoms with Crippen LogP contribution in [0.15, 0.2) is 67.4 Å². The Balaban J connectivity index is 2.32. The molecule has 0 N–H and O–H groups in total. The topological polar surface area (TPSA) is 33.2 Å². The van der Waals surface area contributed by atoms with E-state index < -0.39 is 0 Å². The maximum atomic E-state index is 12.4. The van der Waals surface area contributed by atoms with Gasteiger partial charge in [-0.05, 0) is 24.3 Å². The molecule has 3 heteroatoms. The molecule has 90 valence electrons. The summed E-state index contributed by atoms with van der Waals surface area (Å²) in [6.07, 6.45) is 3.32. The van der Waals surface area contributed by atoms with E-state index in [9.17, 15) is 4.79 Å². The van der Waals surface area contributed by atoms with E-state index in [1.54, 1.807) is 35.4 Å². The molecule has 2 rings (SSSR count). The van der Waals surface area contributed by atoms with Crippen molar-refractivity contribution in [2.75, 3.05) is 11.4 Å². The van der Waals surface area contributed by atoms with Crippen molar-refractivity contribution in [2.45, 2.75) is 0 Å². The van der Waals surface area contributed by atoms with Crippen molar-refractivity contribution in [3.8, 4) is 0 Å². The summed E-state index contributed by atoms with van der Waals surface area (Å²) in [7, 11) is 0. The lowest BCUT2D eigenvalue weighted by molar-refractivity contribution is 0.0985. The van der Waals surface area contributed by atoms with Crippen LogP contribution in [0.3, 0.4) is 0 Å². The maximum absolute atomic E-state index is 12.4. The van der Waals surface area contributed by atoms with Crippen molar-refractivity contribution in [2.24, 2.45) is 0 Å². The molecule has 0 unspecified atom stereocenters. The molecule has 0 saturated carbocycles. The van der Waals surface area contributed by atoms with Crippen LogP contribution in [0.5, 0.6) is 0 Å². The van der Waals surface area contributed by atoms with E-state index in [1.807, 2.05) is 30.3 Å². The van der Waals surface area contributed by atoms with Crippen LogP contribution in [0.4, 0.5) is 5.69 Å². The van der Waals surface area contributed by atoms with E-state index >= 15 is 0 Å². The number of anilines is 1. The summed E-state index contributed by atoms with van der Waals surface area (Å²) in [5, 5.41) is 0. The number of para-hydroxylation sites is 1. The number of benzene rings is 1. The average Bonchev–Trinajstić information content (AvgIpc) is 2.46. The number of carbonyl (C=O) groups is 1. The Morgan fingerprint density at radius 2 is 1.89 bits per heavy atom. The third-order valence-corrected chi connectivity index (χ3v) is 2.51. The molecule has 0 saturated heterocycles. The van der Waals surface area contributed by atoms with Crippen LogP contribution in [0.25, 0.3) is 0 Å². The van der Waals surface area contributed by atoms with Gasteiger partial charge in [-0.1, -0.05) is 30.3 Å². The van der Waals surface area contributed by atoms with Crippen molar-refractivity contribution in [3.63, 3.8) is 0 Å². The van der Waals surface area contributed by atoms with Crippen molar-refractivity contribution >= 4 is 11.6 Å². The molecule has 1 aromatic carbocycles. The van der Waals surface area contributed by atoms with Crippen molar-refractivity contribution in [3.05, 3.63) is 73.1 Å². The van der Waals surface area contributed by atoms with Gasteiger partial charge in [0.05, 0.1) is 0 Å². The molecule has 1 amide bonds. The predicted octanol–water partition coefficient (Wildman–Crippen LogP) is 2.91. The molecule has 0 atom stereocenters. The molecular weight excluding hydrogens is 224 g/mol. The number of amides is 1. The number of rotatable bonds is 4. The molecule has 0 bridgehead atoms. The molecule has 2 aromatic rings. The van der Waals surface area contributed by atoms with Crippen LogP contribution in [0.1, 0.15) is 10.5 Å². The molecule has 0 aliphatic rings. The first-order chi connectivity index (χ1) is 8.83. The highest BCUT2D eigenvalue weighted by atomic mass is 16.2. The number of hydrogen-bond acceptors (Lipinski definition) is 2. The summed E-state index contributed by atoms with van der Waals surface area (Å²) in [5.74, 6) is -0.123. The Morgan fingerprint density at radius 3 is 2.50 bits per heavy atom. The highest BCUT2D eigenvalue weighted by Gasteiger charge is 2.16. The summed E-state index contributed by atoms with van der Waals surface area (Å²) < 4.78 is 0. The fraction of sp³-hybridized carbons (Fsp3) is 0.0667. The Hall–Kier alpha value is -2.42. The Bertz CT molecular complexity index is 523. The zero-order valence-electron chi connectivity index (χ0n) is 9.99. The molecular formula is C15H14N2O. The third-order valence-electron chi connectivity index (χ3n) is 2.51. The minimum atomic E-state index is -0.123. The number of hydrogen-bond donors (Lipinski definition) is 0. The van der Waals surface area contributed by atoms with Crippen molar-refractivity contribution < 1.29 is 4.79 Å². The highest BCUT2D eigenvalue weighted by molar-refractivity contribution is 6.04. The molecule has 0 aliphatic carbocycles. The number of aromatic nitrogens is 1. The van der Waals surface area contributed by atoms with Crippen LogP contribution in [-0.2, 0) is 0 Å². The third kappa shape index (κ3) is 2.63. The van der Waals surface area contributed by atoms with Crippen LogP contribution >= 0.6 is 0 Å². The van der Waals surface area contributed by atoms with Gasteiger partial charge in [0.15, 0.2) is 0 Å². The number of pyridine rings is 1. The van der Waals surface area contributed by atoms with E-state index in [1.165, 1.54) is 0 Å². The lowest BCUT2D eigenvalue weighted by Crippen LogP contribution is -2.31. The first kappa shape index (κ1) is 12.0. The predicted molar refractivity (Wildman–Crippen MR) is 72.6 cm³/mol. The normalized spacial score (nSPS) is 9.78. The molecule has 1 aromatic heterocycles. The molecule has 18 heavy (non-hydrogen) atoms. The van der Waals surface area contributed by atoms with E-state index in [0.717, 1.165) is 5.69 Å². The summed E-state index contributed by atoms with van der Waals surface area (Å²) >= 11 is 0. The minimum absolute atomic E-state index is 0.123. The van der Waals surface area contributed by atoms with Gasteiger partial charge in [-0.15, -0.1) is 6.58 Å². The van der Waals surface area contributed by atoms with Crippen LogP contribution in [0, 0.1) is 0 Å². The smallest absolute Gasteiger partial charge is 0.277 e. The van der Waals surface area contributed by atoms with Crippen molar-refractivity contribution in [1.29, 1.82) is 0 Å². The van der Waals surface area contributed by atoms with Gasteiger partial charge >= 0.3 is 0 Å². The summed E-state index contributed by atoms with van der Waals surface area (Å²) in [5.41, 5.74) is 1.27. The van der Waals surface area contributed by atoms with Crippen molar-refractivity contribution in [1.82, 2.24) is 4.98 Å². The van der Waals surface area contributed by atoms with Gasteiger partial charge in [-0.25, -0.2) is 0 Å². The van der Waals surface area contributed by atoms with Gasteiger partial charge in [-0.2, -0.15) is 0 Å². The van der Waals surface area contributed by atoms with E-state index in [4.69, 9.17) is 0 Å². The van der Waals surface area contributed by atoms with Gasteiger partial charge in [0, 0.05) is 18.4 Å². The second-order valence-corrected chi connectivity index (χ2v) is 3.75. The van der Waals surface area contributed by atoms with Gasteiger partial charge in [0.1, 0.15) is 5.69 Å². The second kappa shape index (κ2) is 5.77. The van der Waals surface area contributed by atoms with Gasteiger partial charge in [-0.3, -0.25) is 9.78 Å². The number of carbonyl (C=O) groups excluding carboxylic acids is 1. The molecule has 0 spiro atoms. The van der Waals surface area contributed by atoms with Crippen LogP contribution in [-0.4, -0.2) is 17.4 Å². The SMILES string of the molecule is C=CCN(C(=O)c1ccccn1)c1ccccc1. The summed E-state index contributed by atoms with van der Waals surface area (Å²) in [6.45, 7) is 4.15. The molecule has 0 radical (unpaired) electrons. The quantitative estimate of drug-likeness (QED) is 0.767. The minimum Gasteiger partial charge on any atom is -0.303 e. The maximum Gasteiger partial charge on any atom is 0.277 e. The fourth-order valence-corrected chi connectivity index (χ4v) is 1.67. The van der Waals surface area contributed by atoms with Crippen LogP contribution in [0.2, 0.25) is 0 Å². The summed E-state index contributed by atoms with van der Waals surface area (Å²) in [6, 6.07) is 14.8.